The monoisotopic (exact) mass is 381 g/mol. The Morgan fingerprint density at radius 3 is 2.36 bits per heavy atom. The Balaban J connectivity index is 1.47. The number of thiophene rings is 1. The number of ketones is 1. The van der Waals surface area contributed by atoms with Crippen molar-refractivity contribution in [2.75, 3.05) is 13.2 Å². The number of Topliss-reactive ketones (excluding diaryl/α,β-unsaturated/α-hetero) is 1. The summed E-state index contributed by atoms with van der Waals surface area (Å²) in [5, 5.41) is 0. The first-order chi connectivity index (χ1) is 12.0. The lowest BCUT2D eigenvalue weighted by Gasteiger charge is -2.14. The third-order valence-corrected chi connectivity index (χ3v) is 5.62. The number of hydrogen-bond donors (Lipinski definition) is 0. The van der Waals surface area contributed by atoms with Crippen LogP contribution in [0.15, 0.2) is 24.3 Å². The molecule has 2 amide bonds. The molecule has 132 valence electrons. The molecule has 8 heteroatoms. The average Bonchev–Trinajstić information content (AvgIpc) is 3.14. The highest BCUT2D eigenvalue weighted by molar-refractivity contribution is 7.18. The molecule has 0 unspecified atom stereocenters. The second-order valence-electron chi connectivity index (χ2n) is 5.92. The molecule has 1 saturated heterocycles. The number of amides is 2. The van der Waals surface area contributed by atoms with E-state index in [1.807, 2.05) is 12.2 Å². The van der Waals surface area contributed by atoms with Crippen molar-refractivity contribution < 1.29 is 23.9 Å². The average molecular weight is 382 g/mol. The van der Waals surface area contributed by atoms with E-state index in [2.05, 4.69) is 0 Å². The molecule has 3 rings (SSSR count). The Bertz CT molecular complexity index is 730. The summed E-state index contributed by atoms with van der Waals surface area (Å²) in [4.78, 5) is 49.8. The van der Waals surface area contributed by atoms with Gasteiger partial charge >= 0.3 is 5.97 Å². The van der Waals surface area contributed by atoms with E-state index in [1.165, 1.54) is 0 Å². The van der Waals surface area contributed by atoms with Crippen molar-refractivity contribution in [1.29, 1.82) is 0 Å². The number of nitrogens with zero attached hydrogens (tertiary/aromatic N) is 1. The van der Waals surface area contributed by atoms with Gasteiger partial charge in [0.05, 0.1) is 27.5 Å². The van der Waals surface area contributed by atoms with Crippen molar-refractivity contribution in [2.24, 2.45) is 11.8 Å². The van der Waals surface area contributed by atoms with Crippen molar-refractivity contribution in [3.8, 4) is 0 Å². The summed E-state index contributed by atoms with van der Waals surface area (Å²) in [6.07, 6.45) is 4.82. The molecule has 1 fully saturated rings. The standard InChI is InChI=1S/C17H16ClNO5S/c18-14-6-5-13(25-14)12(20)9-24-15(21)7-8-19-16(22)10-3-1-2-4-11(10)17(19)23/h1-2,5-6,10-11H,3-4,7-9H2/t10-,11+. The molecule has 1 aliphatic carbocycles. The van der Waals surface area contributed by atoms with Crippen molar-refractivity contribution in [2.45, 2.75) is 19.3 Å². The summed E-state index contributed by atoms with van der Waals surface area (Å²) < 4.78 is 5.41. The predicted octanol–water partition coefficient (Wildman–Crippen LogP) is 2.47. The highest BCUT2D eigenvalue weighted by Gasteiger charge is 2.46. The number of likely N-dealkylation sites (tertiary alicyclic amines) is 1. The van der Waals surface area contributed by atoms with Gasteiger partial charge < -0.3 is 4.74 Å². The van der Waals surface area contributed by atoms with Crippen LogP contribution in [0.1, 0.15) is 28.9 Å². The van der Waals surface area contributed by atoms with E-state index in [0.717, 1.165) is 16.2 Å². The van der Waals surface area contributed by atoms with Crippen LogP contribution in [-0.2, 0) is 19.1 Å². The van der Waals surface area contributed by atoms with E-state index >= 15 is 0 Å². The fourth-order valence-electron chi connectivity index (χ4n) is 3.05. The smallest absolute Gasteiger partial charge is 0.308 e. The number of hydrogen-bond acceptors (Lipinski definition) is 6. The summed E-state index contributed by atoms with van der Waals surface area (Å²) in [6.45, 7) is -0.394. The van der Waals surface area contributed by atoms with Gasteiger partial charge in [-0.1, -0.05) is 23.8 Å². The maximum atomic E-state index is 12.3. The molecule has 0 spiro atoms. The zero-order valence-corrected chi connectivity index (χ0v) is 14.8. The molecule has 2 aliphatic rings. The Kier molecular flexibility index (Phi) is 5.34. The van der Waals surface area contributed by atoms with Crippen LogP contribution in [0.2, 0.25) is 4.34 Å². The molecule has 1 aliphatic heterocycles. The fourth-order valence-corrected chi connectivity index (χ4v) is 4.01. The minimum absolute atomic E-state index is 0.0114. The fraction of sp³-hybridized carbons (Fsp3) is 0.412. The number of allylic oxidation sites excluding steroid dienone is 2. The Labute approximate surface area is 153 Å². The normalized spacial score (nSPS) is 22.2. The molecule has 1 aromatic rings. The minimum atomic E-state index is -0.621. The number of carbonyl (C=O) groups excluding carboxylic acids is 4. The molecule has 0 N–H and O–H groups in total. The van der Waals surface area contributed by atoms with Crippen LogP contribution >= 0.6 is 22.9 Å². The third-order valence-electron chi connectivity index (χ3n) is 4.35. The van der Waals surface area contributed by atoms with E-state index in [0.29, 0.717) is 22.1 Å². The largest absolute Gasteiger partial charge is 0.457 e. The zero-order chi connectivity index (χ0) is 18.0. The summed E-state index contributed by atoms with van der Waals surface area (Å²) in [5.41, 5.74) is 0. The summed E-state index contributed by atoms with van der Waals surface area (Å²) in [6, 6.07) is 3.17. The minimum Gasteiger partial charge on any atom is -0.457 e. The van der Waals surface area contributed by atoms with E-state index in [4.69, 9.17) is 16.3 Å². The second-order valence-corrected chi connectivity index (χ2v) is 7.64. The Morgan fingerprint density at radius 1 is 1.16 bits per heavy atom. The highest BCUT2D eigenvalue weighted by Crippen LogP contribution is 2.35. The molecular weight excluding hydrogens is 366 g/mol. The van der Waals surface area contributed by atoms with Gasteiger partial charge in [-0.2, -0.15) is 0 Å². The number of ether oxygens (including phenoxy) is 1. The number of rotatable bonds is 6. The first kappa shape index (κ1) is 17.8. The van der Waals surface area contributed by atoms with Crippen LogP contribution in [0.4, 0.5) is 0 Å². The lowest BCUT2D eigenvalue weighted by molar-refractivity contribution is -0.145. The quantitative estimate of drug-likeness (QED) is 0.327. The summed E-state index contributed by atoms with van der Waals surface area (Å²) >= 11 is 6.87. The van der Waals surface area contributed by atoms with Crippen LogP contribution in [0.3, 0.4) is 0 Å². The van der Waals surface area contributed by atoms with Gasteiger partial charge in [0, 0.05) is 6.54 Å². The van der Waals surface area contributed by atoms with Crippen molar-refractivity contribution in [3.05, 3.63) is 33.5 Å². The van der Waals surface area contributed by atoms with Gasteiger partial charge in [-0.25, -0.2) is 0 Å². The van der Waals surface area contributed by atoms with Crippen LogP contribution < -0.4 is 0 Å². The molecule has 2 heterocycles. The van der Waals surface area contributed by atoms with E-state index in [-0.39, 0.29) is 49.0 Å². The molecule has 1 aromatic heterocycles. The third kappa shape index (κ3) is 3.82. The van der Waals surface area contributed by atoms with Crippen LogP contribution in [0.5, 0.6) is 0 Å². The summed E-state index contributed by atoms with van der Waals surface area (Å²) in [5.74, 6) is -2.02. The van der Waals surface area contributed by atoms with Crippen molar-refractivity contribution >= 4 is 46.5 Å². The molecule has 0 saturated carbocycles. The predicted molar refractivity (Wildman–Crippen MR) is 91.3 cm³/mol. The molecule has 6 nitrogen and oxygen atoms in total. The lowest BCUT2D eigenvalue weighted by atomic mass is 9.85. The zero-order valence-electron chi connectivity index (χ0n) is 13.3. The SMILES string of the molecule is O=C(CCN1C(=O)[C@H]2CC=CC[C@H]2C1=O)OCC(=O)c1ccc(Cl)s1. The molecule has 25 heavy (non-hydrogen) atoms. The number of esters is 1. The Hall–Kier alpha value is -1.99. The van der Waals surface area contributed by atoms with Gasteiger partial charge in [0.1, 0.15) is 0 Å². The summed E-state index contributed by atoms with van der Waals surface area (Å²) in [7, 11) is 0. The highest BCUT2D eigenvalue weighted by atomic mass is 35.5. The van der Waals surface area contributed by atoms with Crippen molar-refractivity contribution in [3.63, 3.8) is 0 Å². The molecule has 0 bridgehead atoms. The number of carbonyl (C=O) groups is 4. The van der Waals surface area contributed by atoms with E-state index in [9.17, 15) is 19.2 Å². The molecular formula is C17H16ClNO5S. The van der Waals surface area contributed by atoms with Gasteiger partial charge in [0.15, 0.2) is 6.61 Å². The number of halogens is 1. The van der Waals surface area contributed by atoms with Gasteiger partial charge in [0.25, 0.3) is 0 Å². The molecule has 0 radical (unpaired) electrons. The van der Waals surface area contributed by atoms with Crippen LogP contribution in [0.25, 0.3) is 0 Å². The first-order valence-corrected chi connectivity index (χ1v) is 9.11. The van der Waals surface area contributed by atoms with Gasteiger partial charge in [-0.05, 0) is 25.0 Å². The van der Waals surface area contributed by atoms with E-state index in [1.54, 1.807) is 12.1 Å². The van der Waals surface area contributed by atoms with Gasteiger partial charge in [0.2, 0.25) is 17.6 Å². The van der Waals surface area contributed by atoms with Crippen LogP contribution in [0, 0.1) is 11.8 Å². The van der Waals surface area contributed by atoms with E-state index < -0.39 is 5.97 Å². The first-order valence-electron chi connectivity index (χ1n) is 7.91. The maximum absolute atomic E-state index is 12.3. The number of fused-ring (bicyclic) bond motifs is 1. The van der Waals surface area contributed by atoms with Crippen LogP contribution in [-0.4, -0.2) is 41.6 Å². The maximum Gasteiger partial charge on any atom is 0.308 e. The van der Waals surface area contributed by atoms with Gasteiger partial charge in [-0.3, -0.25) is 24.1 Å². The molecule has 0 aromatic carbocycles. The number of imide groups is 1. The molecule has 2 atom stereocenters. The topological polar surface area (TPSA) is 80.8 Å². The lowest BCUT2D eigenvalue weighted by Crippen LogP contribution is -2.33. The Morgan fingerprint density at radius 2 is 1.80 bits per heavy atom. The van der Waals surface area contributed by atoms with Gasteiger partial charge in [-0.15, -0.1) is 11.3 Å². The van der Waals surface area contributed by atoms with Crippen molar-refractivity contribution in [1.82, 2.24) is 4.90 Å². The second kappa shape index (κ2) is 7.49.